The summed E-state index contributed by atoms with van der Waals surface area (Å²) in [6.45, 7) is 0. The Morgan fingerprint density at radius 2 is 1.08 bits per heavy atom. The third kappa shape index (κ3) is 15.4. The molecule has 24 heavy (non-hydrogen) atoms. The predicted octanol–water partition coefficient (Wildman–Crippen LogP) is -2.14. The zero-order valence-corrected chi connectivity index (χ0v) is 14.3. The van der Waals surface area contributed by atoms with Gasteiger partial charge in [-0.3, -0.25) is 19.2 Å². The molecule has 0 spiro atoms. The highest BCUT2D eigenvalue weighted by Gasteiger charge is 2.14. The van der Waals surface area contributed by atoms with E-state index in [9.17, 15) is 19.2 Å². The maximum atomic E-state index is 10.3. The quantitative estimate of drug-likeness (QED) is 0.149. The van der Waals surface area contributed by atoms with Gasteiger partial charge in [-0.25, -0.2) is 0 Å². The molecule has 0 fully saturated rings. The largest absolute Gasteiger partial charge is 0.480 e. The standard InChI is InChI=1S/C6H12N2O4S2.C5H10N2O3/c7-3(5(9)10)1-13-14-2-4(8)6(11)12;6-3(5(9)10)1-2-4(7)8/h3-4H,1-2,7-8H2,(H,9,10)(H,11,12);3H,1-2,6H2,(H2,7,8)(H,9,10). The van der Waals surface area contributed by atoms with Gasteiger partial charge in [-0.2, -0.15) is 0 Å². The average molecular weight is 386 g/mol. The Hall–Kier alpha value is -1.54. The van der Waals surface area contributed by atoms with Crippen molar-refractivity contribution >= 4 is 45.4 Å². The fourth-order valence-corrected chi connectivity index (χ4v) is 3.03. The summed E-state index contributed by atoms with van der Waals surface area (Å²) >= 11 is 0. The molecule has 0 radical (unpaired) electrons. The summed E-state index contributed by atoms with van der Waals surface area (Å²) in [6, 6.07) is -2.82. The molecular formula is C11H22N4O7S2. The highest BCUT2D eigenvalue weighted by atomic mass is 33.1. The SMILES string of the molecule is NC(=O)CCC(N)C(=O)O.NC(CSSCC(N)C(=O)O)C(=O)O. The molecule has 0 bridgehead atoms. The van der Waals surface area contributed by atoms with Gasteiger partial charge in [0.15, 0.2) is 0 Å². The Balaban J connectivity index is 0. The molecule has 140 valence electrons. The van der Waals surface area contributed by atoms with Crippen molar-refractivity contribution in [3.8, 4) is 0 Å². The van der Waals surface area contributed by atoms with E-state index in [4.69, 9.17) is 38.3 Å². The van der Waals surface area contributed by atoms with Crippen LogP contribution in [-0.4, -0.2) is 68.8 Å². The lowest BCUT2D eigenvalue weighted by molar-refractivity contribution is -0.139. The normalized spacial score (nSPS) is 13.8. The summed E-state index contributed by atoms with van der Waals surface area (Å²) in [5.41, 5.74) is 20.2. The molecule has 3 atom stereocenters. The minimum Gasteiger partial charge on any atom is -0.480 e. The minimum atomic E-state index is -1.11. The van der Waals surface area contributed by atoms with Gasteiger partial charge in [-0.05, 0) is 6.42 Å². The number of nitrogens with two attached hydrogens (primary N) is 4. The molecule has 0 heterocycles. The van der Waals surface area contributed by atoms with Crippen LogP contribution >= 0.6 is 21.6 Å². The number of aliphatic carboxylic acids is 3. The van der Waals surface area contributed by atoms with Crippen LogP contribution in [0.3, 0.4) is 0 Å². The summed E-state index contributed by atoms with van der Waals surface area (Å²) in [7, 11) is 2.41. The maximum Gasteiger partial charge on any atom is 0.321 e. The lowest BCUT2D eigenvalue weighted by atomic mass is 10.2. The van der Waals surface area contributed by atoms with E-state index in [0.717, 1.165) is 0 Å². The Morgan fingerprint density at radius 3 is 1.33 bits per heavy atom. The van der Waals surface area contributed by atoms with Gasteiger partial charge >= 0.3 is 17.9 Å². The number of rotatable bonds is 11. The van der Waals surface area contributed by atoms with Gasteiger partial charge in [0, 0.05) is 17.9 Å². The molecule has 0 aliphatic rings. The molecule has 0 saturated carbocycles. The van der Waals surface area contributed by atoms with Gasteiger partial charge in [0.1, 0.15) is 18.1 Å². The van der Waals surface area contributed by atoms with Crippen LogP contribution in [-0.2, 0) is 19.2 Å². The second-order valence-electron chi connectivity index (χ2n) is 4.41. The maximum absolute atomic E-state index is 10.3. The first-order valence-corrected chi connectivity index (χ1v) is 8.95. The van der Waals surface area contributed by atoms with Crippen LogP contribution in [0.1, 0.15) is 12.8 Å². The van der Waals surface area contributed by atoms with Gasteiger partial charge in [0.2, 0.25) is 5.91 Å². The van der Waals surface area contributed by atoms with Crippen LogP contribution in [0.4, 0.5) is 0 Å². The minimum absolute atomic E-state index is 0.0213. The van der Waals surface area contributed by atoms with Crippen molar-refractivity contribution in [3.05, 3.63) is 0 Å². The molecule has 3 unspecified atom stereocenters. The van der Waals surface area contributed by atoms with Gasteiger partial charge < -0.3 is 38.3 Å². The van der Waals surface area contributed by atoms with E-state index in [2.05, 4.69) is 0 Å². The zero-order chi connectivity index (χ0) is 19.3. The van der Waals surface area contributed by atoms with E-state index < -0.39 is 41.9 Å². The van der Waals surface area contributed by atoms with Crippen molar-refractivity contribution in [2.45, 2.75) is 31.0 Å². The number of amides is 1. The lowest BCUT2D eigenvalue weighted by Gasteiger charge is -2.07. The van der Waals surface area contributed by atoms with E-state index in [-0.39, 0.29) is 24.3 Å². The van der Waals surface area contributed by atoms with E-state index in [0.29, 0.717) is 0 Å². The van der Waals surface area contributed by atoms with Crippen LogP contribution in [0.15, 0.2) is 0 Å². The highest BCUT2D eigenvalue weighted by Crippen LogP contribution is 2.22. The smallest absolute Gasteiger partial charge is 0.321 e. The Morgan fingerprint density at radius 1 is 0.750 bits per heavy atom. The Labute approximate surface area is 145 Å². The Kier molecular flexibility index (Phi) is 14.3. The van der Waals surface area contributed by atoms with Crippen LogP contribution in [0.25, 0.3) is 0 Å². The molecule has 13 heteroatoms. The second-order valence-corrected chi connectivity index (χ2v) is 6.96. The highest BCUT2D eigenvalue weighted by molar-refractivity contribution is 8.76. The monoisotopic (exact) mass is 386 g/mol. The number of carboxylic acid groups (broad SMARTS) is 3. The first kappa shape index (κ1) is 24.7. The number of carbonyl (C=O) groups excluding carboxylic acids is 1. The van der Waals surface area contributed by atoms with E-state index in [1.807, 2.05) is 0 Å². The number of hydrogen-bond donors (Lipinski definition) is 7. The number of primary amides is 1. The van der Waals surface area contributed by atoms with Crippen molar-refractivity contribution < 1.29 is 34.5 Å². The van der Waals surface area contributed by atoms with Crippen molar-refractivity contribution in [3.63, 3.8) is 0 Å². The number of hydrogen-bond acceptors (Lipinski definition) is 9. The Bertz CT molecular complexity index is 417. The molecule has 11 nitrogen and oxygen atoms in total. The third-order valence-electron chi connectivity index (χ3n) is 2.23. The van der Waals surface area contributed by atoms with Gasteiger partial charge in [-0.1, -0.05) is 21.6 Å². The van der Waals surface area contributed by atoms with Crippen LogP contribution < -0.4 is 22.9 Å². The predicted molar refractivity (Wildman–Crippen MR) is 90.2 cm³/mol. The van der Waals surface area contributed by atoms with Gasteiger partial charge in [-0.15, -0.1) is 0 Å². The van der Waals surface area contributed by atoms with Crippen molar-refractivity contribution in [2.24, 2.45) is 22.9 Å². The first-order chi connectivity index (χ1) is 11.0. The number of carboxylic acids is 3. The second kappa shape index (κ2) is 13.9. The molecule has 0 aliphatic heterocycles. The average Bonchev–Trinajstić information content (AvgIpc) is 2.48. The van der Waals surface area contributed by atoms with Crippen molar-refractivity contribution in [1.29, 1.82) is 0 Å². The zero-order valence-electron chi connectivity index (χ0n) is 12.7. The van der Waals surface area contributed by atoms with E-state index in [1.54, 1.807) is 0 Å². The topological polar surface area (TPSA) is 233 Å². The fraction of sp³-hybridized carbons (Fsp3) is 0.636. The summed E-state index contributed by atoms with van der Waals surface area (Å²) in [5, 5.41) is 25.0. The molecule has 11 N–H and O–H groups in total. The summed E-state index contributed by atoms with van der Waals surface area (Å²) < 4.78 is 0. The van der Waals surface area contributed by atoms with Gasteiger partial charge in [0.25, 0.3) is 0 Å². The summed E-state index contributed by atoms with van der Waals surface area (Å²) in [5.74, 6) is -3.32. The van der Waals surface area contributed by atoms with Crippen LogP contribution in [0.2, 0.25) is 0 Å². The van der Waals surface area contributed by atoms with Crippen LogP contribution in [0.5, 0.6) is 0 Å². The third-order valence-corrected chi connectivity index (χ3v) is 4.71. The van der Waals surface area contributed by atoms with E-state index in [1.165, 1.54) is 21.6 Å². The molecule has 0 rings (SSSR count). The number of carbonyl (C=O) groups is 4. The summed E-state index contributed by atoms with van der Waals surface area (Å²) in [4.78, 5) is 40.7. The molecular weight excluding hydrogens is 364 g/mol. The van der Waals surface area contributed by atoms with E-state index >= 15 is 0 Å². The molecule has 1 amide bonds. The summed E-state index contributed by atoms with van der Waals surface area (Å²) in [6.07, 6.45) is 0.123. The first-order valence-electron chi connectivity index (χ1n) is 6.46. The molecule has 0 aromatic rings. The molecule has 0 aliphatic carbocycles. The van der Waals surface area contributed by atoms with Gasteiger partial charge in [0.05, 0.1) is 0 Å². The fourth-order valence-electron chi connectivity index (χ4n) is 0.807. The molecule has 0 aromatic heterocycles. The lowest BCUT2D eigenvalue weighted by Crippen LogP contribution is -2.33. The van der Waals surface area contributed by atoms with Crippen molar-refractivity contribution in [2.75, 3.05) is 11.5 Å². The molecule has 0 saturated heterocycles. The molecule has 0 aromatic carbocycles. The van der Waals surface area contributed by atoms with Crippen LogP contribution in [0, 0.1) is 0 Å². The van der Waals surface area contributed by atoms with Crippen molar-refractivity contribution in [1.82, 2.24) is 0 Å².